The van der Waals surface area contributed by atoms with E-state index in [0.29, 0.717) is 5.56 Å². The molecule has 2 aromatic rings. The topological polar surface area (TPSA) is 117 Å². The molecule has 0 unspecified atom stereocenters. The zero-order chi connectivity index (χ0) is 20.5. The Bertz CT molecular complexity index is 865. The molecule has 2 N–H and O–H groups in total. The van der Waals surface area contributed by atoms with Crippen molar-refractivity contribution in [3.63, 3.8) is 0 Å². The first kappa shape index (κ1) is 20.7. The average Bonchev–Trinajstić information content (AvgIpc) is 2.69. The molecule has 0 spiro atoms. The Balaban J connectivity index is 1.92. The molecule has 0 saturated carbocycles. The number of nitrogens with one attached hydrogen (secondary N) is 1. The number of para-hydroxylation sites is 2. The number of aromatic hydroxyl groups is 1. The van der Waals surface area contributed by atoms with E-state index in [1.54, 1.807) is 18.2 Å². The quantitative estimate of drug-likeness (QED) is 0.389. The van der Waals surface area contributed by atoms with Crippen molar-refractivity contribution in [3.05, 3.63) is 58.1 Å². The predicted molar refractivity (Wildman–Crippen MR) is 106 cm³/mol. The number of hydrogen-bond donors (Lipinski definition) is 2. The van der Waals surface area contributed by atoms with Gasteiger partial charge < -0.3 is 14.7 Å². The zero-order valence-electron chi connectivity index (χ0n) is 15.7. The van der Waals surface area contributed by atoms with Gasteiger partial charge in [0.1, 0.15) is 5.75 Å². The van der Waals surface area contributed by atoms with Gasteiger partial charge in [0.15, 0.2) is 12.4 Å². The molecule has 0 bridgehead atoms. The Labute approximate surface area is 162 Å². The highest BCUT2D eigenvalue weighted by Crippen LogP contribution is 2.25. The molecule has 0 atom stereocenters. The van der Waals surface area contributed by atoms with Gasteiger partial charge in [0.05, 0.1) is 11.1 Å². The molecule has 0 aromatic heterocycles. The maximum absolute atomic E-state index is 11.8. The third-order valence-corrected chi connectivity index (χ3v) is 3.96. The summed E-state index contributed by atoms with van der Waals surface area (Å²) in [4.78, 5) is 24.2. The van der Waals surface area contributed by atoms with Gasteiger partial charge in [0, 0.05) is 36.5 Å². The van der Waals surface area contributed by atoms with Crippen LogP contribution in [0, 0.1) is 10.1 Å². The van der Waals surface area contributed by atoms with Crippen LogP contribution in [-0.2, 0) is 4.79 Å². The van der Waals surface area contributed by atoms with Crippen LogP contribution < -0.4 is 15.1 Å². The second kappa shape index (κ2) is 9.91. The van der Waals surface area contributed by atoms with Crippen LogP contribution in [0.2, 0.25) is 0 Å². The minimum absolute atomic E-state index is 0.00346. The standard InChI is InChI=1S/C19H22N4O5/c1-3-22(4-2)15-10-9-14(17(24)11-15)12-20-21-19(25)13-28-18-8-6-5-7-16(18)23(26)27/h5-12,24H,3-4,13H2,1-2H3,(H,21,25)/b20-12-. The Morgan fingerprint density at radius 2 is 2.00 bits per heavy atom. The fourth-order valence-electron chi connectivity index (χ4n) is 2.51. The highest BCUT2D eigenvalue weighted by atomic mass is 16.6. The lowest BCUT2D eigenvalue weighted by Crippen LogP contribution is -2.24. The summed E-state index contributed by atoms with van der Waals surface area (Å²) in [7, 11) is 0. The van der Waals surface area contributed by atoms with Crippen molar-refractivity contribution in [2.24, 2.45) is 5.10 Å². The van der Waals surface area contributed by atoms with E-state index >= 15 is 0 Å². The molecule has 0 saturated heterocycles. The molecule has 9 nitrogen and oxygen atoms in total. The van der Waals surface area contributed by atoms with Crippen LogP contribution in [0.4, 0.5) is 11.4 Å². The number of carbonyl (C=O) groups excluding carboxylic acids is 1. The van der Waals surface area contributed by atoms with Crippen molar-refractivity contribution >= 4 is 23.5 Å². The van der Waals surface area contributed by atoms with E-state index < -0.39 is 17.4 Å². The summed E-state index contributed by atoms with van der Waals surface area (Å²) in [6.07, 6.45) is 1.31. The number of phenols is 1. The number of amides is 1. The highest BCUT2D eigenvalue weighted by molar-refractivity contribution is 5.86. The number of hydrogen-bond acceptors (Lipinski definition) is 7. The van der Waals surface area contributed by atoms with Crippen molar-refractivity contribution in [2.45, 2.75) is 13.8 Å². The molecule has 2 rings (SSSR count). The molecule has 0 heterocycles. The summed E-state index contributed by atoms with van der Waals surface area (Å²) in [5.41, 5.74) is 3.36. The van der Waals surface area contributed by atoms with E-state index in [9.17, 15) is 20.0 Å². The van der Waals surface area contributed by atoms with Gasteiger partial charge in [0.25, 0.3) is 5.91 Å². The third-order valence-electron chi connectivity index (χ3n) is 3.96. The van der Waals surface area contributed by atoms with E-state index in [2.05, 4.69) is 15.4 Å². The second-order valence-electron chi connectivity index (χ2n) is 5.72. The number of ether oxygens (including phenoxy) is 1. The van der Waals surface area contributed by atoms with E-state index in [1.165, 1.54) is 24.4 Å². The number of phenolic OH excluding ortho intramolecular Hbond substituents is 1. The number of nitrogens with zero attached hydrogens (tertiary/aromatic N) is 3. The lowest BCUT2D eigenvalue weighted by Gasteiger charge is -2.21. The van der Waals surface area contributed by atoms with Gasteiger partial charge in [-0.1, -0.05) is 12.1 Å². The van der Waals surface area contributed by atoms with Crippen LogP contribution in [0.5, 0.6) is 11.5 Å². The molecule has 2 aromatic carbocycles. The number of carbonyl (C=O) groups is 1. The van der Waals surface area contributed by atoms with Gasteiger partial charge in [-0.15, -0.1) is 0 Å². The van der Waals surface area contributed by atoms with Crippen LogP contribution in [-0.4, -0.2) is 41.8 Å². The van der Waals surface area contributed by atoms with Crippen LogP contribution in [0.15, 0.2) is 47.6 Å². The number of rotatable bonds is 9. The summed E-state index contributed by atoms with van der Waals surface area (Å²) in [6.45, 7) is 5.25. The number of anilines is 1. The first-order valence-corrected chi connectivity index (χ1v) is 8.72. The van der Waals surface area contributed by atoms with E-state index in [0.717, 1.165) is 18.8 Å². The molecule has 1 amide bonds. The maximum Gasteiger partial charge on any atom is 0.310 e. The molecule has 0 aliphatic rings. The van der Waals surface area contributed by atoms with Crippen molar-refractivity contribution in [3.8, 4) is 11.5 Å². The SMILES string of the molecule is CCN(CC)c1ccc(/C=N\NC(=O)COc2ccccc2[N+](=O)[O-])c(O)c1. The van der Waals surface area contributed by atoms with Gasteiger partial charge in [-0.25, -0.2) is 5.43 Å². The first-order valence-electron chi connectivity index (χ1n) is 8.72. The zero-order valence-corrected chi connectivity index (χ0v) is 15.7. The molecule has 28 heavy (non-hydrogen) atoms. The monoisotopic (exact) mass is 386 g/mol. The maximum atomic E-state index is 11.8. The minimum atomic E-state index is -0.589. The lowest BCUT2D eigenvalue weighted by molar-refractivity contribution is -0.385. The first-order chi connectivity index (χ1) is 13.5. The van der Waals surface area contributed by atoms with Crippen LogP contribution in [0.3, 0.4) is 0 Å². The summed E-state index contributed by atoms with van der Waals surface area (Å²) in [5, 5.41) is 24.8. The molecule has 148 valence electrons. The van der Waals surface area contributed by atoms with Gasteiger partial charge in [-0.05, 0) is 32.0 Å². The lowest BCUT2D eigenvalue weighted by atomic mass is 10.2. The summed E-state index contributed by atoms with van der Waals surface area (Å²) in [5.74, 6) is -0.552. The Kier molecular flexibility index (Phi) is 7.32. The van der Waals surface area contributed by atoms with Gasteiger partial charge in [-0.3, -0.25) is 14.9 Å². The fourth-order valence-corrected chi connectivity index (χ4v) is 2.51. The Morgan fingerprint density at radius 3 is 2.64 bits per heavy atom. The molecule has 0 radical (unpaired) electrons. The average molecular weight is 386 g/mol. The number of nitro benzene ring substituents is 1. The predicted octanol–water partition coefficient (Wildman–Crippen LogP) is 2.68. The minimum Gasteiger partial charge on any atom is -0.507 e. The second-order valence-corrected chi connectivity index (χ2v) is 5.72. The van der Waals surface area contributed by atoms with Crippen molar-refractivity contribution < 1.29 is 19.6 Å². The van der Waals surface area contributed by atoms with E-state index in [4.69, 9.17) is 4.74 Å². The third kappa shape index (κ3) is 5.44. The fraction of sp³-hybridized carbons (Fsp3) is 0.263. The Hall–Kier alpha value is -3.62. The van der Waals surface area contributed by atoms with Crippen LogP contribution in [0.25, 0.3) is 0 Å². The molecule has 0 fully saturated rings. The summed E-state index contributed by atoms with van der Waals surface area (Å²) < 4.78 is 5.17. The highest BCUT2D eigenvalue weighted by Gasteiger charge is 2.14. The molecular formula is C19H22N4O5. The molecule has 0 aliphatic carbocycles. The van der Waals surface area contributed by atoms with Crippen molar-refractivity contribution in [1.82, 2.24) is 5.43 Å². The smallest absolute Gasteiger partial charge is 0.310 e. The van der Waals surface area contributed by atoms with Gasteiger partial charge in [-0.2, -0.15) is 5.10 Å². The van der Waals surface area contributed by atoms with E-state index in [-0.39, 0.29) is 17.2 Å². The Morgan fingerprint density at radius 1 is 1.29 bits per heavy atom. The number of hydrazone groups is 1. The number of benzene rings is 2. The molecular weight excluding hydrogens is 364 g/mol. The van der Waals surface area contributed by atoms with Crippen molar-refractivity contribution in [2.75, 3.05) is 24.6 Å². The number of nitro groups is 1. The van der Waals surface area contributed by atoms with Crippen LogP contribution in [0.1, 0.15) is 19.4 Å². The molecule has 9 heteroatoms. The largest absolute Gasteiger partial charge is 0.507 e. The van der Waals surface area contributed by atoms with Crippen LogP contribution >= 0.6 is 0 Å². The van der Waals surface area contributed by atoms with Gasteiger partial charge >= 0.3 is 5.69 Å². The normalized spacial score (nSPS) is 10.6. The summed E-state index contributed by atoms with van der Waals surface area (Å²) in [6, 6.07) is 11.0. The van der Waals surface area contributed by atoms with Gasteiger partial charge in [0.2, 0.25) is 0 Å². The van der Waals surface area contributed by atoms with Crippen molar-refractivity contribution in [1.29, 1.82) is 0 Å². The molecule has 0 aliphatic heterocycles. The van der Waals surface area contributed by atoms with E-state index in [1.807, 2.05) is 19.9 Å². The summed E-state index contributed by atoms with van der Waals surface area (Å²) >= 11 is 0.